The molecule has 1 atom stereocenters. The molecule has 0 aliphatic rings. The average molecular weight is 223 g/mol. The van der Waals surface area contributed by atoms with Crippen LogP contribution in [0.25, 0.3) is 0 Å². The van der Waals surface area contributed by atoms with Gasteiger partial charge in [0.15, 0.2) is 11.6 Å². The van der Waals surface area contributed by atoms with Crippen LogP contribution < -0.4 is 5.73 Å². The summed E-state index contributed by atoms with van der Waals surface area (Å²) in [5, 5.41) is 0. The molecule has 3 nitrogen and oxygen atoms in total. The fourth-order valence-electron chi connectivity index (χ4n) is 1.50. The minimum absolute atomic E-state index is 0.347. The minimum atomic E-state index is -0.857. The maximum Gasteiger partial charge on any atom is 0.159 e. The number of nitrogens with zero attached hydrogens (tertiary/aromatic N) is 1. The predicted octanol–water partition coefficient (Wildman–Crippen LogP) is 1.93. The first-order valence-corrected chi connectivity index (χ1v) is 4.85. The lowest BCUT2D eigenvalue weighted by Gasteiger charge is -2.08. The van der Waals surface area contributed by atoms with Crippen LogP contribution in [0.2, 0.25) is 0 Å². The van der Waals surface area contributed by atoms with E-state index in [9.17, 15) is 8.78 Å². The molecule has 1 unspecified atom stereocenters. The molecule has 0 saturated carbocycles. The van der Waals surface area contributed by atoms with Crippen LogP contribution in [0, 0.1) is 11.6 Å². The van der Waals surface area contributed by atoms with Gasteiger partial charge in [0, 0.05) is 12.4 Å². The summed E-state index contributed by atoms with van der Waals surface area (Å²) in [6, 6.07) is 3.42. The molecule has 0 saturated heterocycles. The van der Waals surface area contributed by atoms with Crippen LogP contribution in [0.3, 0.4) is 0 Å². The fraction of sp³-hybridized carbons (Fsp3) is 0.182. The van der Waals surface area contributed by atoms with Gasteiger partial charge in [-0.3, -0.25) is 0 Å². The summed E-state index contributed by atoms with van der Waals surface area (Å²) in [5.41, 5.74) is 6.49. The first kappa shape index (κ1) is 10.8. The number of H-pyrrole nitrogens is 1. The summed E-state index contributed by atoms with van der Waals surface area (Å²) in [4.78, 5) is 6.88. The van der Waals surface area contributed by atoms with Gasteiger partial charge >= 0.3 is 0 Å². The highest BCUT2D eigenvalue weighted by Gasteiger charge is 2.10. The van der Waals surface area contributed by atoms with Crippen molar-refractivity contribution in [3.63, 3.8) is 0 Å². The van der Waals surface area contributed by atoms with Gasteiger partial charge in [-0.15, -0.1) is 0 Å². The van der Waals surface area contributed by atoms with E-state index in [0.29, 0.717) is 17.8 Å². The Morgan fingerprint density at radius 1 is 1.31 bits per heavy atom. The lowest BCUT2D eigenvalue weighted by atomic mass is 10.1. The van der Waals surface area contributed by atoms with E-state index in [-0.39, 0.29) is 6.04 Å². The molecule has 0 aliphatic carbocycles. The molecular formula is C11H11F2N3. The van der Waals surface area contributed by atoms with Crippen molar-refractivity contribution < 1.29 is 8.78 Å². The first-order chi connectivity index (χ1) is 7.66. The van der Waals surface area contributed by atoms with Gasteiger partial charge in [-0.2, -0.15) is 0 Å². The topological polar surface area (TPSA) is 54.7 Å². The van der Waals surface area contributed by atoms with E-state index in [4.69, 9.17) is 5.73 Å². The number of rotatable bonds is 3. The maximum atomic E-state index is 12.9. The van der Waals surface area contributed by atoms with Gasteiger partial charge in [0.1, 0.15) is 5.82 Å². The van der Waals surface area contributed by atoms with E-state index < -0.39 is 11.6 Å². The van der Waals surface area contributed by atoms with Crippen LogP contribution in [0.15, 0.2) is 30.6 Å². The van der Waals surface area contributed by atoms with E-state index in [1.807, 2.05) is 0 Å². The van der Waals surface area contributed by atoms with Gasteiger partial charge in [-0.1, -0.05) is 6.07 Å². The van der Waals surface area contributed by atoms with E-state index in [2.05, 4.69) is 9.97 Å². The average Bonchev–Trinajstić information content (AvgIpc) is 2.77. The highest BCUT2D eigenvalue weighted by molar-refractivity contribution is 5.19. The second kappa shape index (κ2) is 4.40. The Morgan fingerprint density at radius 2 is 2.12 bits per heavy atom. The standard InChI is InChI=1S/C11H11F2N3/c12-8-2-1-7(5-9(8)13)6-10(14)11-15-3-4-16-11/h1-5,10H,6,14H2,(H,15,16). The minimum Gasteiger partial charge on any atom is -0.347 e. The summed E-state index contributed by atoms with van der Waals surface area (Å²) in [5.74, 6) is -1.08. The second-order valence-corrected chi connectivity index (χ2v) is 3.53. The van der Waals surface area contributed by atoms with E-state index in [1.54, 1.807) is 12.4 Å². The van der Waals surface area contributed by atoms with Crippen molar-refractivity contribution in [2.45, 2.75) is 12.5 Å². The maximum absolute atomic E-state index is 12.9. The molecule has 0 fully saturated rings. The molecule has 0 aliphatic heterocycles. The van der Waals surface area contributed by atoms with Crippen molar-refractivity contribution >= 4 is 0 Å². The molecule has 3 N–H and O–H groups in total. The number of hydrogen-bond acceptors (Lipinski definition) is 2. The SMILES string of the molecule is NC(Cc1ccc(F)c(F)c1)c1ncc[nH]1. The van der Waals surface area contributed by atoms with Crippen molar-refractivity contribution in [2.24, 2.45) is 5.73 Å². The zero-order valence-corrected chi connectivity index (χ0v) is 8.45. The van der Waals surface area contributed by atoms with Crippen LogP contribution in [0.1, 0.15) is 17.4 Å². The van der Waals surface area contributed by atoms with Crippen LogP contribution in [-0.4, -0.2) is 9.97 Å². The molecular weight excluding hydrogens is 212 g/mol. The molecule has 1 aromatic heterocycles. The largest absolute Gasteiger partial charge is 0.347 e. The van der Waals surface area contributed by atoms with Crippen LogP contribution in [-0.2, 0) is 6.42 Å². The molecule has 16 heavy (non-hydrogen) atoms. The number of nitrogens with one attached hydrogen (secondary N) is 1. The summed E-state index contributed by atoms with van der Waals surface area (Å²) in [7, 11) is 0. The molecule has 0 amide bonds. The molecule has 1 aromatic carbocycles. The van der Waals surface area contributed by atoms with Gasteiger partial charge in [0.05, 0.1) is 6.04 Å². The zero-order chi connectivity index (χ0) is 11.5. The van der Waals surface area contributed by atoms with Crippen LogP contribution >= 0.6 is 0 Å². The Bertz CT molecular complexity index is 468. The number of halogens is 2. The third-order valence-corrected chi connectivity index (χ3v) is 2.31. The summed E-state index contributed by atoms with van der Waals surface area (Å²) >= 11 is 0. The van der Waals surface area contributed by atoms with Crippen molar-refractivity contribution in [3.05, 3.63) is 53.6 Å². The van der Waals surface area contributed by atoms with E-state index in [1.165, 1.54) is 6.07 Å². The Labute approximate surface area is 91.3 Å². The van der Waals surface area contributed by atoms with Crippen molar-refractivity contribution in [1.29, 1.82) is 0 Å². The first-order valence-electron chi connectivity index (χ1n) is 4.85. The number of aromatic amines is 1. The van der Waals surface area contributed by atoms with Crippen molar-refractivity contribution in [1.82, 2.24) is 9.97 Å². The Balaban J connectivity index is 2.12. The number of hydrogen-bond donors (Lipinski definition) is 2. The van der Waals surface area contributed by atoms with Gasteiger partial charge < -0.3 is 10.7 Å². The van der Waals surface area contributed by atoms with Gasteiger partial charge in [-0.05, 0) is 24.1 Å². The van der Waals surface area contributed by atoms with Crippen molar-refractivity contribution in [2.75, 3.05) is 0 Å². The molecule has 5 heteroatoms. The number of aromatic nitrogens is 2. The lowest BCUT2D eigenvalue weighted by Crippen LogP contribution is -2.15. The molecule has 0 radical (unpaired) electrons. The molecule has 1 heterocycles. The quantitative estimate of drug-likeness (QED) is 0.835. The van der Waals surface area contributed by atoms with Crippen LogP contribution in [0.5, 0.6) is 0 Å². The molecule has 84 valence electrons. The smallest absolute Gasteiger partial charge is 0.159 e. The fourth-order valence-corrected chi connectivity index (χ4v) is 1.50. The molecule has 0 bridgehead atoms. The van der Waals surface area contributed by atoms with E-state index >= 15 is 0 Å². The summed E-state index contributed by atoms with van der Waals surface area (Å²) in [6.07, 6.45) is 3.67. The van der Waals surface area contributed by atoms with Gasteiger partial charge in [0.25, 0.3) is 0 Å². The van der Waals surface area contributed by atoms with Gasteiger partial charge in [-0.25, -0.2) is 13.8 Å². The Hall–Kier alpha value is -1.75. The highest BCUT2D eigenvalue weighted by atomic mass is 19.2. The third kappa shape index (κ3) is 2.25. The van der Waals surface area contributed by atoms with Crippen molar-refractivity contribution in [3.8, 4) is 0 Å². The lowest BCUT2D eigenvalue weighted by molar-refractivity contribution is 0.506. The summed E-state index contributed by atoms with van der Waals surface area (Å²) in [6.45, 7) is 0. The van der Waals surface area contributed by atoms with Gasteiger partial charge in [0.2, 0.25) is 0 Å². The molecule has 0 spiro atoms. The molecule has 2 rings (SSSR count). The molecule has 2 aromatic rings. The third-order valence-electron chi connectivity index (χ3n) is 2.31. The highest BCUT2D eigenvalue weighted by Crippen LogP contribution is 2.15. The monoisotopic (exact) mass is 223 g/mol. The Kier molecular flexibility index (Phi) is 2.96. The Morgan fingerprint density at radius 3 is 2.75 bits per heavy atom. The number of imidazole rings is 1. The van der Waals surface area contributed by atoms with Crippen LogP contribution in [0.4, 0.5) is 8.78 Å². The number of benzene rings is 1. The summed E-state index contributed by atoms with van der Waals surface area (Å²) < 4.78 is 25.6. The van der Waals surface area contributed by atoms with E-state index in [0.717, 1.165) is 12.1 Å². The second-order valence-electron chi connectivity index (χ2n) is 3.53. The predicted molar refractivity (Wildman–Crippen MR) is 55.6 cm³/mol. The number of nitrogens with two attached hydrogens (primary N) is 1. The zero-order valence-electron chi connectivity index (χ0n) is 8.45. The normalized spacial score (nSPS) is 12.7.